The van der Waals surface area contributed by atoms with Crippen molar-refractivity contribution >= 4 is 5.91 Å². The van der Waals surface area contributed by atoms with Crippen LogP contribution in [-0.2, 0) is 13.6 Å². The van der Waals surface area contributed by atoms with E-state index in [1.54, 1.807) is 23.0 Å². The molecule has 132 valence electrons. The highest BCUT2D eigenvalue weighted by atomic mass is 19.1. The van der Waals surface area contributed by atoms with E-state index in [0.717, 1.165) is 29.5 Å². The van der Waals surface area contributed by atoms with E-state index in [9.17, 15) is 9.18 Å². The molecule has 0 saturated heterocycles. The van der Waals surface area contributed by atoms with Crippen LogP contribution in [0.4, 0.5) is 4.39 Å². The number of benzene rings is 2. The average molecular weight is 349 g/mol. The van der Waals surface area contributed by atoms with E-state index in [1.165, 1.54) is 12.1 Å². The second-order valence-electron chi connectivity index (χ2n) is 6.77. The molecule has 26 heavy (non-hydrogen) atoms. The molecule has 0 atom stereocenters. The van der Waals surface area contributed by atoms with Crippen molar-refractivity contribution in [3.8, 4) is 11.1 Å². The Morgan fingerprint density at radius 3 is 2.27 bits per heavy atom. The molecule has 0 unspecified atom stereocenters. The topological polar surface area (TPSA) is 38.1 Å². The molecule has 1 aromatic heterocycles. The molecule has 0 radical (unpaired) electrons. The molecular weight excluding hydrogens is 329 g/mol. The second-order valence-corrected chi connectivity index (χ2v) is 6.77. The SMILES string of the molecule is Cn1cc(CN(C(=O)c2ccc(-c3ccc(F)cc3)cc2)C2CC2)cn1. The maximum absolute atomic E-state index is 13.1. The number of nitrogens with zero attached hydrogens (tertiary/aromatic N) is 3. The normalized spacial score (nSPS) is 13.6. The molecule has 1 amide bonds. The first kappa shape index (κ1) is 16.5. The Morgan fingerprint density at radius 2 is 1.73 bits per heavy atom. The second kappa shape index (κ2) is 6.75. The minimum absolute atomic E-state index is 0.0435. The average Bonchev–Trinajstić information content (AvgIpc) is 3.42. The number of hydrogen-bond donors (Lipinski definition) is 0. The Morgan fingerprint density at radius 1 is 1.12 bits per heavy atom. The molecule has 1 saturated carbocycles. The molecule has 4 nitrogen and oxygen atoms in total. The molecule has 5 heteroatoms. The van der Waals surface area contributed by atoms with Gasteiger partial charge in [0.1, 0.15) is 5.82 Å². The number of carbonyl (C=O) groups excluding carboxylic acids is 1. The largest absolute Gasteiger partial charge is 0.331 e. The van der Waals surface area contributed by atoms with Crippen molar-refractivity contribution in [2.45, 2.75) is 25.4 Å². The zero-order valence-electron chi connectivity index (χ0n) is 14.6. The van der Waals surface area contributed by atoms with E-state index in [1.807, 2.05) is 42.4 Å². The van der Waals surface area contributed by atoms with Crippen molar-refractivity contribution in [3.63, 3.8) is 0 Å². The summed E-state index contributed by atoms with van der Waals surface area (Å²) in [5.41, 5.74) is 3.61. The van der Waals surface area contributed by atoms with Crippen molar-refractivity contribution in [1.29, 1.82) is 0 Å². The van der Waals surface area contributed by atoms with Crippen molar-refractivity contribution in [3.05, 3.63) is 77.9 Å². The van der Waals surface area contributed by atoms with Crippen molar-refractivity contribution in [2.24, 2.45) is 7.05 Å². The molecule has 1 heterocycles. The molecule has 0 spiro atoms. The quantitative estimate of drug-likeness (QED) is 0.697. The molecular formula is C21H20FN3O. The predicted molar refractivity (Wildman–Crippen MR) is 97.9 cm³/mol. The number of carbonyl (C=O) groups is 1. The van der Waals surface area contributed by atoms with Gasteiger partial charge in [-0.2, -0.15) is 5.10 Å². The van der Waals surface area contributed by atoms with Gasteiger partial charge in [-0.25, -0.2) is 4.39 Å². The maximum Gasteiger partial charge on any atom is 0.254 e. The van der Waals surface area contributed by atoms with Crippen LogP contribution in [0.5, 0.6) is 0 Å². The number of halogens is 1. The Balaban J connectivity index is 1.53. The summed E-state index contributed by atoms with van der Waals surface area (Å²) in [6.45, 7) is 0.580. The minimum Gasteiger partial charge on any atom is -0.331 e. The maximum atomic E-state index is 13.1. The van der Waals surface area contributed by atoms with Crippen LogP contribution in [0, 0.1) is 5.82 Å². The van der Waals surface area contributed by atoms with Gasteiger partial charge in [-0.15, -0.1) is 0 Å². The lowest BCUT2D eigenvalue weighted by molar-refractivity contribution is 0.0730. The molecule has 0 aliphatic heterocycles. The van der Waals surface area contributed by atoms with Gasteiger partial charge in [0.2, 0.25) is 0 Å². The van der Waals surface area contributed by atoms with Crippen molar-refractivity contribution in [2.75, 3.05) is 0 Å². The highest BCUT2D eigenvalue weighted by Gasteiger charge is 2.33. The van der Waals surface area contributed by atoms with Gasteiger partial charge in [0, 0.05) is 37.0 Å². The summed E-state index contributed by atoms with van der Waals surface area (Å²) in [6.07, 6.45) is 5.86. The van der Waals surface area contributed by atoms with E-state index in [4.69, 9.17) is 0 Å². The van der Waals surface area contributed by atoms with E-state index in [0.29, 0.717) is 18.2 Å². The Hall–Kier alpha value is -2.95. The standard InChI is InChI=1S/C21H20FN3O/c1-24-13-15(12-23-24)14-25(20-10-11-20)21(26)18-4-2-16(3-5-18)17-6-8-19(22)9-7-17/h2-9,12-13,20H,10-11,14H2,1H3. The third kappa shape index (κ3) is 3.52. The summed E-state index contributed by atoms with van der Waals surface area (Å²) in [7, 11) is 1.88. The number of aryl methyl sites for hydroxylation is 1. The van der Waals surface area contributed by atoms with Crippen LogP contribution in [0.2, 0.25) is 0 Å². The van der Waals surface area contributed by atoms with Gasteiger partial charge in [-0.1, -0.05) is 24.3 Å². The van der Waals surface area contributed by atoms with Gasteiger partial charge in [0.05, 0.1) is 6.20 Å². The van der Waals surface area contributed by atoms with Crippen LogP contribution in [-0.4, -0.2) is 26.6 Å². The summed E-state index contributed by atoms with van der Waals surface area (Å²) in [5, 5.41) is 4.18. The molecule has 2 aromatic carbocycles. The fourth-order valence-corrected chi connectivity index (χ4v) is 3.12. The number of hydrogen-bond acceptors (Lipinski definition) is 2. The monoisotopic (exact) mass is 349 g/mol. The lowest BCUT2D eigenvalue weighted by atomic mass is 10.0. The lowest BCUT2D eigenvalue weighted by Crippen LogP contribution is -2.32. The first-order valence-corrected chi connectivity index (χ1v) is 8.74. The lowest BCUT2D eigenvalue weighted by Gasteiger charge is -2.22. The zero-order chi connectivity index (χ0) is 18.1. The van der Waals surface area contributed by atoms with Gasteiger partial charge in [-0.3, -0.25) is 9.48 Å². The molecule has 1 aliphatic rings. The smallest absolute Gasteiger partial charge is 0.254 e. The van der Waals surface area contributed by atoms with Gasteiger partial charge in [0.15, 0.2) is 0 Å². The first-order chi connectivity index (χ1) is 12.6. The molecule has 4 rings (SSSR count). The van der Waals surface area contributed by atoms with Gasteiger partial charge >= 0.3 is 0 Å². The van der Waals surface area contributed by atoms with Crippen LogP contribution < -0.4 is 0 Å². The summed E-state index contributed by atoms with van der Waals surface area (Å²) in [6, 6.07) is 14.2. The summed E-state index contributed by atoms with van der Waals surface area (Å²) in [4.78, 5) is 14.9. The van der Waals surface area contributed by atoms with Crippen LogP contribution in [0.1, 0.15) is 28.8 Å². The van der Waals surface area contributed by atoms with E-state index < -0.39 is 0 Å². The van der Waals surface area contributed by atoms with Gasteiger partial charge < -0.3 is 4.90 Å². The van der Waals surface area contributed by atoms with Crippen LogP contribution in [0.3, 0.4) is 0 Å². The number of rotatable bonds is 5. The molecule has 1 fully saturated rings. The van der Waals surface area contributed by atoms with E-state index in [-0.39, 0.29) is 11.7 Å². The van der Waals surface area contributed by atoms with Crippen molar-refractivity contribution in [1.82, 2.24) is 14.7 Å². The van der Waals surface area contributed by atoms with Gasteiger partial charge in [-0.05, 0) is 48.2 Å². The summed E-state index contributed by atoms with van der Waals surface area (Å²) in [5.74, 6) is -0.210. The van der Waals surface area contributed by atoms with Gasteiger partial charge in [0.25, 0.3) is 5.91 Å². The molecule has 0 N–H and O–H groups in total. The predicted octanol–water partition coefficient (Wildman–Crippen LogP) is 4.03. The minimum atomic E-state index is -0.254. The number of amides is 1. The highest BCUT2D eigenvalue weighted by Crippen LogP contribution is 2.30. The molecule has 0 bridgehead atoms. The fraction of sp³-hybridized carbons (Fsp3) is 0.238. The fourth-order valence-electron chi connectivity index (χ4n) is 3.12. The summed E-state index contributed by atoms with van der Waals surface area (Å²) < 4.78 is 14.8. The van der Waals surface area contributed by atoms with E-state index in [2.05, 4.69) is 5.10 Å². The zero-order valence-corrected chi connectivity index (χ0v) is 14.6. The molecule has 3 aromatic rings. The Kier molecular flexibility index (Phi) is 4.29. The number of aromatic nitrogens is 2. The van der Waals surface area contributed by atoms with Crippen LogP contribution in [0.15, 0.2) is 60.9 Å². The van der Waals surface area contributed by atoms with Crippen molar-refractivity contribution < 1.29 is 9.18 Å². The van der Waals surface area contributed by atoms with Crippen LogP contribution >= 0.6 is 0 Å². The first-order valence-electron chi connectivity index (χ1n) is 8.74. The van der Waals surface area contributed by atoms with Crippen LogP contribution in [0.25, 0.3) is 11.1 Å². The van der Waals surface area contributed by atoms with E-state index >= 15 is 0 Å². The Labute approximate surface area is 151 Å². The third-order valence-corrected chi connectivity index (χ3v) is 4.67. The molecule has 1 aliphatic carbocycles. The highest BCUT2D eigenvalue weighted by molar-refractivity contribution is 5.95. The third-order valence-electron chi connectivity index (χ3n) is 4.67. The summed E-state index contributed by atoms with van der Waals surface area (Å²) >= 11 is 0. The Bertz CT molecular complexity index is 911.